The topological polar surface area (TPSA) is 80.5 Å². The van der Waals surface area contributed by atoms with E-state index in [0.29, 0.717) is 0 Å². The smallest absolute Gasteiger partial charge is 0.241 e. The lowest BCUT2D eigenvalue weighted by molar-refractivity contribution is -0.147. The van der Waals surface area contributed by atoms with Gasteiger partial charge >= 0.3 is 0 Å². The molecule has 1 aromatic carbocycles. The third-order valence-corrected chi connectivity index (χ3v) is 5.71. The van der Waals surface area contributed by atoms with Crippen LogP contribution < -0.4 is 5.73 Å². The molecule has 1 saturated carbocycles. The highest BCUT2D eigenvalue weighted by atomic mass is 16.2. The van der Waals surface area contributed by atoms with E-state index >= 15 is 0 Å². The minimum atomic E-state index is -0.905. The zero-order chi connectivity index (χ0) is 16.8. The molecule has 2 N–H and O–H groups in total. The first-order valence-corrected chi connectivity index (χ1v) is 8.46. The van der Waals surface area contributed by atoms with Crippen molar-refractivity contribution in [2.24, 2.45) is 29.4 Å². The Labute approximate surface area is 140 Å². The highest BCUT2D eigenvalue weighted by Gasteiger charge is 2.58. The maximum absolute atomic E-state index is 12.9. The monoisotopic (exact) mass is 324 g/mol. The Morgan fingerprint density at radius 2 is 1.58 bits per heavy atom. The third kappa shape index (κ3) is 2.19. The van der Waals surface area contributed by atoms with Gasteiger partial charge in [0, 0.05) is 6.42 Å². The van der Waals surface area contributed by atoms with Crippen molar-refractivity contribution in [3.8, 4) is 0 Å². The van der Waals surface area contributed by atoms with Gasteiger partial charge in [-0.3, -0.25) is 19.3 Å². The van der Waals surface area contributed by atoms with Crippen LogP contribution >= 0.6 is 0 Å². The molecule has 24 heavy (non-hydrogen) atoms. The highest BCUT2D eigenvalue weighted by molar-refractivity contribution is 6.09. The zero-order valence-electron chi connectivity index (χ0n) is 13.3. The van der Waals surface area contributed by atoms with E-state index < -0.39 is 11.9 Å². The second-order valence-electron chi connectivity index (χ2n) is 7.00. The van der Waals surface area contributed by atoms with Gasteiger partial charge in [0.2, 0.25) is 17.7 Å². The van der Waals surface area contributed by atoms with Crippen molar-refractivity contribution in [2.45, 2.75) is 25.3 Å². The van der Waals surface area contributed by atoms with Gasteiger partial charge in [-0.2, -0.15) is 0 Å². The van der Waals surface area contributed by atoms with Crippen molar-refractivity contribution in [1.29, 1.82) is 0 Å². The van der Waals surface area contributed by atoms with E-state index in [0.717, 1.165) is 18.4 Å². The quantitative estimate of drug-likeness (QED) is 0.669. The number of carbonyl (C=O) groups excluding carboxylic acids is 3. The Balaban J connectivity index is 1.66. The van der Waals surface area contributed by atoms with Gasteiger partial charge in [0.05, 0.1) is 11.8 Å². The number of nitrogens with zero attached hydrogens (tertiary/aromatic N) is 1. The van der Waals surface area contributed by atoms with Crippen LogP contribution in [0.3, 0.4) is 0 Å². The van der Waals surface area contributed by atoms with Gasteiger partial charge in [-0.15, -0.1) is 0 Å². The van der Waals surface area contributed by atoms with Gasteiger partial charge < -0.3 is 5.73 Å². The van der Waals surface area contributed by atoms with Crippen molar-refractivity contribution in [2.75, 3.05) is 0 Å². The van der Waals surface area contributed by atoms with Crippen LogP contribution in [0, 0.1) is 23.7 Å². The number of nitrogens with two attached hydrogens (primary N) is 1. The van der Waals surface area contributed by atoms with Crippen LogP contribution in [0.15, 0.2) is 42.5 Å². The molecule has 1 saturated heterocycles. The van der Waals surface area contributed by atoms with E-state index in [1.807, 2.05) is 30.3 Å². The minimum Gasteiger partial charge on any atom is -0.368 e. The van der Waals surface area contributed by atoms with Crippen LogP contribution in [0.2, 0.25) is 0 Å². The number of hydrogen-bond donors (Lipinski definition) is 1. The van der Waals surface area contributed by atoms with Crippen LogP contribution in [0.1, 0.15) is 18.4 Å². The summed E-state index contributed by atoms with van der Waals surface area (Å²) in [5, 5.41) is 0. The standard InChI is InChI=1S/C19H20N2O3/c20-17(22)14(10-11-4-2-1-3-5-11)21-18(23)15-12-6-7-13(9-8-12)16(15)19(21)24/h1-7,12-16H,8-10H2,(H2,20,22)/t12-,13-,14+,15-,16+/m0/s1. The fraction of sp³-hybridized carbons (Fsp3) is 0.421. The number of hydrogen-bond acceptors (Lipinski definition) is 3. The molecule has 124 valence electrons. The molecule has 4 aliphatic rings. The van der Waals surface area contributed by atoms with Gasteiger partial charge in [0.1, 0.15) is 6.04 Å². The normalized spacial score (nSPS) is 32.1. The van der Waals surface area contributed by atoms with E-state index in [2.05, 4.69) is 12.2 Å². The molecule has 5 nitrogen and oxygen atoms in total. The van der Waals surface area contributed by atoms with Crippen LogP contribution in [0.4, 0.5) is 0 Å². The van der Waals surface area contributed by atoms with Crippen molar-refractivity contribution in [3.63, 3.8) is 0 Å². The van der Waals surface area contributed by atoms with E-state index in [9.17, 15) is 14.4 Å². The molecule has 0 aromatic heterocycles. The summed E-state index contributed by atoms with van der Waals surface area (Å²) in [7, 11) is 0. The van der Waals surface area contributed by atoms with Gasteiger partial charge in [-0.25, -0.2) is 0 Å². The largest absolute Gasteiger partial charge is 0.368 e. The molecule has 3 amide bonds. The third-order valence-electron chi connectivity index (χ3n) is 5.71. The lowest BCUT2D eigenvalue weighted by atomic mass is 9.63. The van der Waals surface area contributed by atoms with Gasteiger partial charge in [0.15, 0.2) is 0 Å². The predicted octanol–water partition coefficient (Wildman–Crippen LogP) is 1.28. The van der Waals surface area contributed by atoms with Crippen molar-refractivity contribution >= 4 is 17.7 Å². The van der Waals surface area contributed by atoms with Crippen molar-refractivity contribution in [3.05, 3.63) is 48.0 Å². The first-order chi connectivity index (χ1) is 11.6. The number of amides is 3. The van der Waals surface area contributed by atoms with E-state index in [1.54, 1.807) is 0 Å². The summed E-state index contributed by atoms with van der Waals surface area (Å²) < 4.78 is 0. The molecule has 1 aromatic rings. The number of allylic oxidation sites excluding steroid dienone is 2. The fourth-order valence-corrected chi connectivity index (χ4v) is 4.56. The minimum absolute atomic E-state index is 0.117. The highest BCUT2D eigenvalue weighted by Crippen LogP contribution is 2.50. The zero-order valence-corrected chi connectivity index (χ0v) is 13.3. The fourth-order valence-electron chi connectivity index (χ4n) is 4.56. The first-order valence-electron chi connectivity index (χ1n) is 8.46. The van der Waals surface area contributed by atoms with Crippen molar-refractivity contribution in [1.82, 2.24) is 4.90 Å². The molecule has 0 spiro atoms. The Morgan fingerprint density at radius 3 is 2.04 bits per heavy atom. The molecule has 5 rings (SSSR count). The number of fused-ring (bicyclic) bond motifs is 1. The molecule has 5 atom stereocenters. The van der Waals surface area contributed by atoms with E-state index in [1.165, 1.54) is 4.90 Å². The average molecular weight is 324 g/mol. The second-order valence-corrected chi connectivity index (χ2v) is 7.00. The molecular weight excluding hydrogens is 304 g/mol. The SMILES string of the molecule is NC(=O)[C@@H](Cc1ccccc1)N1C(=O)[C@@H]2[C@H](C1=O)[C@H]1C=C[C@H]2CC1. The molecule has 1 aliphatic heterocycles. The van der Waals surface area contributed by atoms with Crippen molar-refractivity contribution < 1.29 is 14.4 Å². The summed E-state index contributed by atoms with van der Waals surface area (Å²) in [6.07, 6.45) is 6.29. The van der Waals surface area contributed by atoms with Crippen LogP contribution in [-0.2, 0) is 20.8 Å². The maximum Gasteiger partial charge on any atom is 0.241 e. The number of rotatable bonds is 4. The first kappa shape index (κ1) is 15.1. The lowest BCUT2D eigenvalue weighted by Gasteiger charge is -2.38. The van der Waals surface area contributed by atoms with E-state index in [4.69, 9.17) is 5.73 Å². The van der Waals surface area contributed by atoms with Gasteiger partial charge in [-0.1, -0.05) is 42.5 Å². The summed E-state index contributed by atoms with van der Waals surface area (Å²) in [4.78, 5) is 39.1. The van der Waals surface area contributed by atoms with Crippen LogP contribution in [0.25, 0.3) is 0 Å². The molecule has 1 heterocycles. The molecule has 5 heteroatoms. The predicted molar refractivity (Wildman–Crippen MR) is 87.3 cm³/mol. The number of primary amides is 1. The van der Waals surface area contributed by atoms with E-state index in [-0.39, 0.29) is 41.9 Å². The molecule has 0 radical (unpaired) electrons. The van der Waals surface area contributed by atoms with Gasteiger partial charge in [-0.05, 0) is 30.2 Å². The Kier molecular flexibility index (Phi) is 3.52. The summed E-state index contributed by atoms with van der Waals surface area (Å²) >= 11 is 0. The van der Waals surface area contributed by atoms with Crippen LogP contribution in [0.5, 0.6) is 0 Å². The maximum atomic E-state index is 12.9. The number of imide groups is 1. The average Bonchev–Trinajstić information content (AvgIpc) is 2.88. The summed E-state index contributed by atoms with van der Waals surface area (Å²) in [6, 6.07) is 8.46. The summed E-state index contributed by atoms with van der Waals surface area (Å²) in [5.74, 6) is -1.44. The Hall–Kier alpha value is -2.43. The molecule has 3 aliphatic carbocycles. The Bertz CT molecular complexity index is 695. The number of benzene rings is 1. The number of carbonyl (C=O) groups is 3. The van der Waals surface area contributed by atoms with Crippen LogP contribution in [-0.4, -0.2) is 28.7 Å². The van der Waals surface area contributed by atoms with Gasteiger partial charge in [0.25, 0.3) is 0 Å². The summed E-state index contributed by atoms with van der Waals surface area (Å²) in [6.45, 7) is 0. The lowest BCUT2D eigenvalue weighted by Crippen LogP contribution is -2.49. The molecular formula is C19H20N2O3. The Morgan fingerprint density at radius 1 is 1.04 bits per heavy atom. The molecule has 2 fully saturated rings. The summed E-state index contributed by atoms with van der Waals surface area (Å²) in [5.41, 5.74) is 6.45. The molecule has 0 unspecified atom stereocenters. The number of likely N-dealkylation sites (tertiary alicyclic amines) is 1. The second kappa shape index (κ2) is 5.58. The molecule has 2 bridgehead atoms.